The molecule has 3 fully saturated rings. The van der Waals surface area contributed by atoms with Crippen molar-refractivity contribution in [2.24, 2.45) is 11.3 Å². The highest BCUT2D eigenvalue weighted by molar-refractivity contribution is 7.89. The van der Waals surface area contributed by atoms with Crippen LogP contribution in [0.3, 0.4) is 0 Å². The molecule has 3 aliphatic rings. The number of ether oxygens (including phenoxy) is 1. The van der Waals surface area contributed by atoms with Gasteiger partial charge in [-0.2, -0.15) is 0 Å². The smallest absolute Gasteiger partial charge is 0.409 e. The van der Waals surface area contributed by atoms with Crippen molar-refractivity contribution in [3.8, 4) is 0 Å². The SMILES string of the molecule is Cc1ccccc1C1CCN(S(=O)(=O)CC2(C(=O)NO)CCN(C(=O)OC[C@H]3CCCC[C@@H]3O)CC2)CC1. The molecule has 1 aromatic carbocycles. The number of rotatable bonds is 7. The molecule has 2 saturated heterocycles. The van der Waals surface area contributed by atoms with Gasteiger partial charge in [0.25, 0.3) is 5.91 Å². The number of carbonyl (C=O) groups excluding carboxylic acids is 2. The maximum absolute atomic E-state index is 13.4. The van der Waals surface area contributed by atoms with E-state index in [1.54, 1.807) is 5.48 Å². The first kappa shape index (κ1) is 28.8. The predicted molar refractivity (Wildman–Crippen MR) is 141 cm³/mol. The van der Waals surface area contributed by atoms with Crippen LogP contribution < -0.4 is 5.48 Å². The average Bonchev–Trinajstić information content (AvgIpc) is 2.92. The first-order valence-corrected chi connectivity index (χ1v) is 15.3. The normalized spacial score (nSPS) is 25.1. The van der Waals surface area contributed by atoms with E-state index >= 15 is 0 Å². The number of likely N-dealkylation sites (tertiary alicyclic amines) is 1. The number of aliphatic hydroxyl groups is 1. The van der Waals surface area contributed by atoms with Crippen molar-refractivity contribution in [3.63, 3.8) is 0 Å². The fraction of sp³-hybridized carbons (Fsp3) is 0.704. The minimum Gasteiger partial charge on any atom is -0.449 e. The van der Waals surface area contributed by atoms with Crippen molar-refractivity contribution in [1.82, 2.24) is 14.7 Å². The van der Waals surface area contributed by atoms with E-state index in [0.29, 0.717) is 38.3 Å². The van der Waals surface area contributed by atoms with E-state index in [2.05, 4.69) is 19.1 Å². The topological polar surface area (TPSA) is 136 Å². The molecule has 1 aliphatic carbocycles. The number of aliphatic hydroxyl groups excluding tert-OH is 1. The number of hydroxylamine groups is 1. The summed E-state index contributed by atoms with van der Waals surface area (Å²) in [5, 5.41) is 19.6. The maximum atomic E-state index is 13.4. The molecule has 3 N–H and O–H groups in total. The zero-order valence-corrected chi connectivity index (χ0v) is 23.0. The Kier molecular flexibility index (Phi) is 9.33. The van der Waals surface area contributed by atoms with Crippen molar-refractivity contribution in [3.05, 3.63) is 35.4 Å². The van der Waals surface area contributed by atoms with E-state index in [1.165, 1.54) is 20.3 Å². The van der Waals surface area contributed by atoms with E-state index in [4.69, 9.17) is 4.74 Å². The second-order valence-corrected chi connectivity index (χ2v) is 13.2. The minimum absolute atomic E-state index is 0.0724. The molecule has 2 amide bonds. The largest absolute Gasteiger partial charge is 0.449 e. The number of nitrogens with zero attached hydrogens (tertiary/aromatic N) is 2. The van der Waals surface area contributed by atoms with E-state index in [-0.39, 0.29) is 38.5 Å². The lowest BCUT2D eigenvalue weighted by Gasteiger charge is -2.41. The highest BCUT2D eigenvalue weighted by atomic mass is 32.2. The van der Waals surface area contributed by atoms with E-state index in [1.807, 2.05) is 12.1 Å². The summed E-state index contributed by atoms with van der Waals surface area (Å²) in [6.07, 6.45) is 4.11. The number of sulfonamides is 1. The fourth-order valence-corrected chi connectivity index (χ4v) is 8.32. The van der Waals surface area contributed by atoms with Gasteiger partial charge in [-0.3, -0.25) is 10.0 Å². The zero-order valence-electron chi connectivity index (χ0n) is 22.2. The molecule has 38 heavy (non-hydrogen) atoms. The van der Waals surface area contributed by atoms with Crippen molar-refractivity contribution >= 4 is 22.0 Å². The van der Waals surface area contributed by atoms with E-state index < -0.39 is 39.3 Å². The molecule has 0 radical (unpaired) electrons. The molecule has 2 atom stereocenters. The third-order valence-electron chi connectivity index (χ3n) is 8.79. The Bertz CT molecular complexity index is 1080. The molecule has 212 valence electrons. The lowest BCUT2D eigenvalue weighted by atomic mass is 9.79. The second kappa shape index (κ2) is 12.3. The Balaban J connectivity index is 1.34. The molecule has 2 heterocycles. The molecule has 10 nitrogen and oxygen atoms in total. The van der Waals surface area contributed by atoms with Crippen LogP contribution in [0.4, 0.5) is 4.79 Å². The number of nitrogens with one attached hydrogen (secondary N) is 1. The number of benzene rings is 1. The quantitative estimate of drug-likeness (QED) is 0.350. The number of amides is 2. The van der Waals surface area contributed by atoms with Gasteiger partial charge in [0.2, 0.25) is 10.0 Å². The van der Waals surface area contributed by atoms with Gasteiger partial charge in [0.05, 0.1) is 23.9 Å². The van der Waals surface area contributed by atoms with Crippen LogP contribution in [0.1, 0.15) is 68.4 Å². The Morgan fingerprint density at radius 1 is 1.05 bits per heavy atom. The number of carbonyl (C=O) groups is 2. The molecule has 0 unspecified atom stereocenters. The number of piperidine rings is 2. The molecule has 0 spiro atoms. The van der Waals surface area contributed by atoms with Gasteiger partial charge in [-0.25, -0.2) is 23.0 Å². The summed E-state index contributed by atoms with van der Waals surface area (Å²) < 4.78 is 33.8. The lowest BCUT2D eigenvalue weighted by molar-refractivity contribution is -0.141. The summed E-state index contributed by atoms with van der Waals surface area (Å²) in [7, 11) is -3.78. The summed E-state index contributed by atoms with van der Waals surface area (Å²) in [5.74, 6) is -0.939. The molecule has 4 rings (SSSR count). The van der Waals surface area contributed by atoms with Crippen LogP contribution >= 0.6 is 0 Å². The molecule has 0 aromatic heterocycles. The second-order valence-electron chi connectivity index (χ2n) is 11.2. The van der Waals surface area contributed by atoms with Crippen molar-refractivity contribution < 1.29 is 33.1 Å². The summed E-state index contributed by atoms with van der Waals surface area (Å²) >= 11 is 0. The zero-order chi connectivity index (χ0) is 27.3. The monoisotopic (exact) mass is 551 g/mol. The Labute approximate surface area is 225 Å². The molecule has 1 saturated carbocycles. The van der Waals surface area contributed by atoms with E-state index in [0.717, 1.165) is 19.3 Å². The van der Waals surface area contributed by atoms with Gasteiger partial charge in [0.15, 0.2) is 0 Å². The maximum Gasteiger partial charge on any atom is 0.409 e. The van der Waals surface area contributed by atoms with Crippen molar-refractivity contribution in [2.45, 2.75) is 70.3 Å². The molecule has 0 bridgehead atoms. The summed E-state index contributed by atoms with van der Waals surface area (Å²) in [4.78, 5) is 26.9. The van der Waals surface area contributed by atoms with Crippen LogP contribution in [-0.4, -0.2) is 84.6 Å². The molecule has 2 aliphatic heterocycles. The molecular weight excluding hydrogens is 510 g/mol. The highest BCUT2D eigenvalue weighted by Crippen LogP contribution is 2.37. The van der Waals surface area contributed by atoms with Gasteiger partial charge in [-0.15, -0.1) is 0 Å². The number of aryl methyl sites for hydroxylation is 1. The average molecular weight is 552 g/mol. The van der Waals surface area contributed by atoms with Crippen LogP contribution in [0, 0.1) is 18.3 Å². The predicted octanol–water partition coefficient (Wildman–Crippen LogP) is 2.78. The first-order chi connectivity index (χ1) is 18.1. The van der Waals surface area contributed by atoms with Gasteiger partial charge >= 0.3 is 6.09 Å². The van der Waals surface area contributed by atoms with Crippen molar-refractivity contribution in [2.75, 3.05) is 38.5 Å². The Hall–Kier alpha value is -2.21. The Morgan fingerprint density at radius 3 is 2.34 bits per heavy atom. The number of hydrogen-bond donors (Lipinski definition) is 3. The third-order valence-corrected chi connectivity index (χ3v) is 10.9. The molecular formula is C27H41N3O7S. The standard InChI is InChI=1S/C27H41N3O7S/c1-20-6-2-4-8-23(20)21-10-14-30(15-11-21)38(35,36)19-27(25(32)28-34)12-16-29(17-13-27)26(33)37-18-22-7-3-5-9-24(22)31/h2,4,6,8,21-22,24,31,34H,3,5,7,9-19H2,1H3,(H,28,32)/t22-,24+/m1/s1. The summed E-state index contributed by atoms with van der Waals surface area (Å²) in [6, 6.07) is 8.17. The fourth-order valence-electron chi connectivity index (χ4n) is 6.26. The third kappa shape index (κ3) is 6.50. The van der Waals surface area contributed by atoms with Crippen LogP contribution in [0.25, 0.3) is 0 Å². The van der Waals surface area contributed by atoms with Gasteiger partial charge in [0, 0.05) is 32.1 Å². The van der Waals surface area contributed by atoms with Crippen LogP contribution in [0.15, 0.2) is 24.3 Å². The van der Waals surface area contributed by atoms with Gasteiger partial charge in [0.1, 0.15) is 0 Å². The lowest BCUT2D eigenvalue weighted by Crippen LogP contribution is -2.54. The Morgan fingerprint density at radius 2 is 1.71 bits per heavy atom. The van der Waals surface area contributed by atoms with Gasteiger partial charge in [-0.1, -0.05) is 37.1 Å². The molecule has 1 aromatic rings. The minimum atomic E-state index is -3.78. The van der Waals surface area contributed by atoms with Crippen LogP contribution in [0.2, 0.25) is 0 Å². The molecule has 11 heteroatoms. The van der Waals surface area contributed by atoms with Gasteiger partial charge in [-0.05, 0) is 62.5 Å². The summed E-state index contributed by atoms with van der Waals surface area (Å²) in [6.45, 7) is 3.25. The number of hydrogen-bond acceptors (Lipinski definition) is 7. The van der Waals surface area contributed by atoms with Gasteiger partial charge < -0.3 is 14.7 Å². The first-order valence-electron chi connectivity index (χ1n) is 13.7. The van der Waals surface area contributed by atoms with Crippen LogP contribution in [-0.2, 0) is 19.6 Å². The summed E-state index contributed by atoms with van der Waals surface area (Å²) in [5.41, 5.74) is 2.78. The van der Waals surface area contributed by atoms with Crippen molar-refractivity contribution in [1.29, 1.82) is 0 Å². The van der Waals surface area contributed by atoms with E-state index in [9.17, 15) is 28.3 Å². The van der Waals surface area contributed by atoms with Crippen LogP contribution in [0.5, 0.6) is 0 Å². The highest BCUT2D eigenvalue weighted by Gasteiger charge is 2.47.